The van der Waals surface area contributed by atoms with Crippen molar-refractivity contribution in [1.29, 1.82) is 0 Å². The van der Waals surface area contributed by atoms with E-state index < -0.39 is 0 Å². The molecule has 0 saturated carbocycles. The van der Waals surface area contributed by atoms with Gasteiger partial charge in [0.05, 0.1) is 0 Å². The number of nitrogens with zero attached hydrogens (tertiary/aromatic N) is 1. The maximum atomic E-state index is 11.1. The van der Waals surface area contributed by atoms with Gasteiger partial charge in [0.25, 0.3) is 0 Å². The molecule has 1 aromatic carbocycles. The molecule has 5 nitrogen and oxygen atoms in total. The van der Waals surface area contributed by atoms with Crippen LogP contribution in [0.25, 0.3) is 0 Å². The fourth-order valence-electron chi connectivity index (χ4n) is 1.85. The van der Waals surface area contributed by atoms with E-state index in [1.54, 1.807) is 7.05 Å². The fraction of sp³-hybridized carbons (Fsp3) is 0.500. The first kappa shape index (κ1) is 17.0. The number of guanidine groups is 1. The highest BCUT2D eigenvalue weighted by molar-refractivity contribution is 5.88. The summed E-state index contributed by atoms with van der Waals surface area (Å²) in [7, 11) is 1.76. The Morgan fingerprint density at radius 3 is 2.67 bits per heavy atom. The van der Waals surface area contributed by atoms with Crippen LogP contribution in [0, 0.1) is 5.92 Å². The van der Waals surface area contributed by atoms with Crippen molar-refractivity contribution in [2.45, 2.75) is 33.7 Å². The van der Waals surface area contributed by atoms with Crippen molar-refractivity contribution in [3.05, 3.63) is 29.8 Å². The third-order valence-electron chi connectivity index (χ3n) is 2.95. The van der Waals surface area contributed by atoms with E-state index in [-0.39, 0.29) is 5.91 Å². The third kappa shape index (κ3) is 7.34. The summed E-state index contributed by atoms with van der Waals surface area (Å²) in [5.41, 5.74) is 1.90. The second-order valence-corrected chi connectivity index (χ2v) is 5.42. The smallest absolute Gasteiger partial charge is 0.221 e. The molecule has 0 aliphatic carbocycles. The van der Waals surface area contributed by atoms with Crippen LogP contribution in [0.15, 0.2) is 29.3 Å². The Balaban J connectivity index is 2.47. The van der Waals surface area contributed by atoms with Gasteiger partial charge in [-0.25, -0.2) is 0 Å². The summed E-state index contributed by atoms with van der Waals surface area (Å²) in [5, 5.41) is 9.33. The largest absolute Gasteiger partial charge is 0.356 e. The lowest BCUT2D eigenvalue weighted by Gasteiger charge is -2.13. The molecule has 0 aromatic heterocycles. The molecule has 21 heavy (non-hydrogen) atoms. The lowest BCUT2D eigenvalue weighted by atomic mass is 10.1. The zero-order valence-corrected chi connectivity index (χ0v) is 13.4. The van der Waals surface area contributed by atoms with Crippen LogP contribution in [0.5, 0.6) is 0 Å². The van der Waals surface area contributed by atoms with Crippen molar-refractivity contribution in [2.75, 3.05) is 18.9 Å². The number of nitrogens with one attached hydrogen (secondary N) is 3. The lowest BCUT2D eigenvalue weighted by Crippen LogP contribution is -2.37. The summed E-state index contributed by atoms with van der Waals surface area (Å²) in [5.74, 6) is 1.40. The van der Waals surface area contributed by atoms with Crippen LogP contribution >= 0.6 is 0 Å². The number of benzene rings is 1. The highest BCUT2D eigenvalue weighted by atomic mass is 16.1. The Hall–Kier alpha value is -2.04. The van der Waals surface area contributed by atoms with E-state index in [4.69, 9.17) is 0 Å². The normalized spacial score (nSPS) is 11.4. The second kappa shape index (κ2) is 9.00. The third-order valence-corrected chi connectivity index (χ3v) is 2.95. The van der Waals surface area contributed by atoms with Gasteiger partial charge in [-0.15, -0.1) is 0 Å². The predicted molar refractivity (Wildman–Crippen MR) is 88.4 cm³/mol. The van der Waals surface area contributed by atoms with Gasteiger partial charge in [-0.3, -0.25) is 9.79 Å². The molecule has 0 unspecified atom stereocenters. The maximum Gasteiger partial charge on any atom is 0.221 e. The van der Waals surface area contributed by atoms with Gasteiger partial charge in [0.1, 0.15) is 0 Å². The molecule has 0 bridgehead atoms. The van der Waals surface area contributed by atoms with Gasteiger partial charge in [-0.1, -0.05) is 26.0 Å². The number of rotatable bonds is 6. The monoisotopic (exact) mass is 290 g/mol. The number of hydrogen-bond acceptors (Lipinski definition) is 2. The molecule has 1 amide bonds. The number of amides is 1. The van der Waals surface area contributed by atoms with E-state index in [2.05, 4.69) is 34.8 Å². The van der Waals surface area contributed by atoms with Crippen LogP contribution in [-0.2, 0) is 11.3 Å². The number of aliphatic imine (C=N–C) groups is 1. The number of carbonyl (C=O) groups is 1. The molecule has 0 saturated heterocycles. The molecular formula is C16H26N4O. The predicted octanol–water partition coefficient (Wildman–Crippen LogP) is 2.36. The molecule has 3 N–H and O–H groups in total. The van der Waals surface area contributed by atoms with E-state index in [1.807, 2.05) is 24.3 Å². The lowest BCUT2D eigenvalue weighted by molar-refractivity contribution is -0.114. The zero-order chi connectivity index (χ0) is 15.7. The summed E-state index contributed by atoms with van der Waals surface area (Å²) in [6, 6.07) is 7.77. The topological polar surface area (TPSA) is 65.5 Å². The quantitative estimate of drug-likeness (QED) is 0.556. The Kier molecular flexibility index (Phi) is 7.29. The van der Waals surface area contributed by atoms with Gasteiger partial charge < -0.3 is 16.0 Å². The molecule has 0 radical (unpaired) electrons. The van der Waals surface area contributed by atoms with Crippen molar-refractivity contribution in [3.63, 3.8) is 0 Å². The van der Waals surface area contributed by atoms with Crippen molar-refractivity contribution in [2.24, 2.45) is 10.9 Å². The van der Waals surface area contributed by atoms with Crippen LogP contribution in [0.2, 0.25) is 0 Å². The molecule has 5 heteroatoms. The van der Waals surface area contributed by atoms with E-state index in [0.29, 0.717) is 12.5 Å². The molecule has 1 aromatic rings. The first-order chi connectivity index (χ1) is 10.0. The first-order valence-corrected chi connectivity index (χ1v) is 7.32. The minimum absolute atomic E-state index is 0.0636. The van der Waals surface area contributed by atoms with Crippen LogP contribution in [0.4, 0.5) is 5.69 Å². The molecule has 0 aliphatic heterocycles. The first-order valence-electron chi connectivity index (χ1n) is 7.32. The van der Waals surface area contributed by atoms with E-state index in [1.165, 1.54) is 6.92 Å². The van der Waals surface area contributed by atoms with Gasteiger partial charge in [-0.2, -0.15) is 0 Å². The Morgan fingerprint density at radius 1 is 1.29 bits per heavy atom. The van der Waals surface area contributed by atoms with Gasteiger partial charge in [0.15, 0.2) is 5.96 Å². The summed E-state index contributed by atoms with van der Waals surface area (Å²) in [6.07, 6.45) is 1.11. The Morgan fingerprint density at radius 2 is 2.05 bits per heavy atom. The molecule has 0 fully saturated rings. The maximum absolute atomic E-state index is 11.1. The standard InChI is InChI=1S/C16H26N4O/c1-12(2)8-9-18-16(17-4)19-11-14-6-5-7-15(10-14)20-13(3)21/h5-7,10,12H,8-9,11H2,1-4H3,(H,20,21)(H2,17,18,19). The van der Waals surface area contributed by atoms with Crippen LogP contribution in [0.3, 0.4) is 0 Å². The van der Waals surface area contributed by atoms with Crippen LogP contribution in [-0.4, -0.2) is 25.5 Å². The van der Waals surface area contributed by atoms with Gasteiger partial charge in [0.2, 0.25) is 5.91 Å². The Labute approximate surface area is 127 Å². The van der Waals surface area contributed by atoms with Gasteiger partial charge in [0, 0.05) is 32.7 Å². The molecule has 0 heterocycles. The number of anilines is 1. The van der Waals surface area contributed by atoms with Crippen molar-refractivity contribution >= 4 is 17.6 Å². The molecule has 0 spiro atoms. The summed E-state index contributed by atoms with van der Waals surface area (Å²) in [4.78, 5) is 15.2. The molecule has 0 aliphatic rings. The van der Waals surface area contributed by atoms with Crippen LogP contribution in [0.1, 0.15) is 32.8 Å². The zero-order valence-electron chi connectivity index (χ0n) is 13.4. The van der Waals surface area contributed by atoms with E-state index >= 15 is 0 Å². The van der Waals surface area contributed by atoms with Gasteiger partial charge >= 0.3 is 0 Å². The number of hydrogen-bond donors (Lipinski definition) is 3. The van der Waals surface area contributed by atoms with Crippen molar-refractivity contribution in [1.82, 2.24) is 10.6 Å². The average Bonchev–Trinajstić information content (AvgIpc) is 2.42. The summed E-state index contributed by atoms with van der Waals surface area (Å²) in [6.45, 7) is 7.47. The minimum atomic E-state index is -0.0636. The molecule has 116 valence electrons. The summed E-state index contributed by atoms with van der Waals surface area (Å²) < 4.78 is 0. The summed E-state index contributed by atoms with van der Waals surface area (Å²) >= 11 is 0. The number of carbonyl (C=O) groups excluding carboxylic acids is 1. The molecule has 0 atom stereocenters. The van der Waals surface area contributed by atoms with E-state index in [9.17, 15) is 4.79 Å². The highest BCUT2D eigenvalue weighted by Crippen LogP contribution is 2.10. The second-order valence-electron chi connectivity index (χ2n) is 5.42. The van der Waals surface area contributed by atoms with Crippen molar-refractivity contribution in [3.8, 4) is 0 Å². The van der Waals surface area contributed by atoms with Crippen molar-refractivity contribution < 1.29 is 4.79 Å². The average molecular weight is 290 g/mol. The van der Waals surface area contributed by atoms with Crippen LogP contribution < -0.4 is 16.0 Å². The molecule has 1 rings (SSSR count). The van der Waals surface area contributed by atoms with Gasteiger partial charge in [-0.05, 0) is 30.0 Å². The SMILES string of the molecule is CN=C(NCCC(C)C)NCc1cccc(NC(C)=O)c1. The fourth-order valence-corrected chi connectivity index (χ4v) is 1.85. The Bertz CT molecular complexity index is 483. The van der Waals surface area contributed by atoms with E-state index in [0.717, 1.165) is 30.2 Å². The minimum Gasteiger partial charge on any atom is -0.356 e. The highest BCUT2D eigenvalue weighted by Gasteiger charge is 2.01. The molecular weight excluding hydrogens is 264 g/mol.